The van der Waals surface area contributed by atoms with Gasteiger partial charge in [0.15, 0.2) is 0 Å². The maximum Gasteiger partial charge on any atom is 0.140 e. The second-order valence-electron chi connectivity index (χ2n) is 4.33. The summed E-state index contributed by atoms with van der Waals surface area (Å²) in [4.78, 5) is 2.36. The van der Waals surface area contributed by atoms with Gasteiger partial charge in [0.05, 0.1) is 12.2 Å². The third kappa shape index (κ3) is 1.96. The molecule has 1 aliphatic heterocycles. The van der Waals surface area contributed by atoms with Crippen LogP contribution in [0.1, 0.15) is 25.8 Å². The molecule has 1 aromatic rings. The van der Waals surface area contributed by atoms with E-state index in [2.05, 4.69) is 24.0 Å². The van der Waals surface area contributed by atoms with Crippen LogP contribution < -0.4 is 5.73 Å². The van der Waals surface area contributed by atoms with Crippen LogP contribution in [-0.4, -0.2) is 34.3 Å². The molecule has 2 atom stereocenters. The fourth-order valence-corrected chi connectivity index (χ4v) is 2.26. The maximum absolute atomic E-state index is 5.89. The Morgan fingerprint density at radius 3 is 2.87 bits per heavy atom. The van der Waals surface area contributed by atoms with Crippen molar-refractivity contribution in [2.24, 2.45) is 0 Å². The van der Waals surface area contributed by atoms with Crippen LogP contribution in [-0.2, 0) is 0 Å². The Hall–Kier alpha value is -0.740. The molecule has 1 aromatic heterocycles. The van der Waals surface area contributed by atoms with Gasteiger partial charge in [0.25, 0.3) is 0 Å². The molecule has 0 saturated carbocycles. The zero-order valence-corrected chi connectivity index (χ0v) is 9.91. The highest BCUT2D eigenvalue weighted by Crippen LogP contribution is 2.29. The summed E-state index contributed by atoms with van der Waals surface area (Å²) < 4.78 is 1.87. The van der Waals surface area contributed by atoms with Crippen LogP contribution in [0.2, 0.25) is 5.02 Å². The second kappa shape index (κ2) is 4.02. The minimum absolute atomic E-state index is 0.392. The topological polar surface area (TPSA) is 47.1 Å². The van der Waals surface area contributed by atoms with E-state index in [0.717, 1.165) is 19.4 Å². The van der Waals surface area contributed by atoms with E-state index >= 15 is 0 Å². The second-order valence-corrected chi connectivity index (χ2v) is 4.74. The highest BCUT2D eigenvalue weighted by Gasteiger charge is 2.25. The number of likely N-dealkylation sites (tertiary alicyclic amines) is 1. The fourth-order valence-electron chi connectivity index (χ4n) is 2.13. The summed E-state index contributed by atoms with van der Waals surface area (Å²) in [6.45, 7) is 3.32. The summed E-state index contributed by atoms with van der Waals surface area (Å²) in [5, 5.41) is 4.80. The van der Waals surface area contributed by atoms with Crippen molar-refractivity contribution in [3.8, 4) is 0 Å². The summed E-state index contributed by atoms with van der Waals surface area (Å²) in [6.07, 6.45) is 3.79. The van der Waals surface area contributed by atoms with Crippen molar-refractivity contribution in [1.29, 1.82) is 0 Å². The van der Waals surface area contributed by atoms with Gasteiger partial charge in [0.1, 0.15) is 10.8 Å². The Morgan fingerprint density at radius 2 is 2.33 bits per heavy atom. The van der Waals surface area contributed by atoms with Crippen LogP contribution >= 0.6 is 11.6 Å². The molecule has 4 nitrogen and oxygen atoms in total. The molecule has 1 fully saturated rings. The molecule has 0 aliphatic carbocycles. The van der Waals surface area contributed by atoms with Gasteiger partial charge in [-0.1, -0.05) is 11.6 Å². The molecule has 84 valence electrons. The summed E-state index contributed by atoms with van der Waals surface area (Å²) in [5.41, 5.74) is 5.87. The van der Waals surface area contributed by atoms with Gasteiger partial charge in [0.2, 0.25) is 0 Å². The number of anilines is 1. The first-order valence-corrected chi connectivity index (χ1v) is 5.66. The minimum Gasteiger partial charge on any atom is -0.383 e. The number of nitrogens with two attached hydrogens (primary N) is 1. The van der Waals surface area contributed by atoms with Gasteiger partial charge >= 0.3 is 0 Å². The molecular weight excluding hydrogens is 212 g/mol. The summed E-state index contributed by atoms with van der Waals surface area (Å²) in [5.74, 6) is 0.596. The predicted octanol–water partition coefficient (Wildman–Crippen LogP) is 1.77. The van der Waals surface area contributed by atoms with Crippen molar-refractivity contribution in [2.45, 2.75) is 31.8 Å². The Bertz CT molecular complexity index is 349. The standard InChI is InChI=1S/C10H17ClN4/c1-7-5-8(3-4-14(7)2)15-10(12)9(11)6-13-15/h6-8H,3-5,12H2,1-2H3. The largest absolute Gasteiger partial charge is 0.383 e. The van der Waals surface area contributed by atoms with Gasteiger partial charge in [-0.05, 0) is 26.8 Å². The molecular formula is C10H17ClN4. The minimum atomic E-state index is 0.392. The number of hydrogen-bond acceptors (Lipinski definition) is 3. The molecule has 2 heterocycles. The molecule has 0 bridgehead atoms. The number of aromatic nitrogens is 2. The van der Waals surface area contributed by atoms with Gasteiger partial charge in [0, 0.05) is 12.6 Å². The van der Waals surface area contributed by atoms with E-state index in [-0.39, 0.29) is 0 Å². The van der Waals surface area contributed by atoms with Crippen molar-refractivity contribution in [3.05, 3.63) is 11.2 Å². The van der Waals surface area contributed by atoms with Crippen LogP contribution in [0, 0.1) is 0 Å². The number of rotatable bonds is 1. The average Bonchev–Trinajstić information content (AvgIpc) is 2.53. The lowest BCUT2D eigenvalue weighted by Gasteiger charge is -2.35. The van der Waals surface area contributed by atoms with Crippen LogP contribution in [0.5, 0.6) is 0 Å². The van der Waals surface area contributed by atoms with Crippen molar-refractivity contribution in [1.82, 2.24) is 14.7 Å². The van der Waals surface area contributed by atoms with Gasteiger partial charge in [-0.15, -0.1) is 0 Å². The molecule has 5 heteroatoms. The lowest BCUT2D eigenvalue weighted by Crippen LogP contribution is -2.38. The van der Waals surface area contributed by atoms with Gasteiger partial charge < -0.3 is 10.6 Å². The van der Waals surface area contributed by atoms with E-state index in [0.29, 0.717) is 22.9 Å². The molecule has 2 N–H and O–H groups in total. The normalized spacial score (nSPS) is 28.2. The van der Waals surface area contributed by atoms with Crippen molar-refractivity contribution in [2.75, 3.05) is 19.3 Å². The van der Waals surface area contributed by atoms with E-state index < -0.39 is 0 Å². The molecule has 1 saturated heterocycles. The molecule has 0 radical (unpaired) electrons. The number of hydrogen-bond donors (Lipinski definition) is 1. The molecule has 15 heavy (non-hydrogen) atoms. The third-order valence-electron chi connectivity index (χ3n) is 3.31. The van der Waals surface area contributed by atoms with E-state index in [1.807, 2.05) is 4.68 Å². The van der Waals surface area contributed by atoms with Crippen LogP contribution in [0.15, 0.2) is 6.20 Å². The summed E-state index contributed by atoms with van der Waals surface area (Å²) in [7, 11) is 2.15. The zero-order valence-electron chi connectivity index (χ0n) is 9.15. The van der Waals surface area contributed by atoms with Gasteiger partial charge in [-0.25, -0.2) is 4.68 Å². The first-order chi connectivity index (χ1) is 7.09. The molecule has 1 aliphatic rings. The first-order valence-electron chi connectivity index (χ1n) is 5.28. The summed E-state index contributed by atoms with van der Waals surface area (Å²) in [6, 6.07) is 0.967. The highest BCUT2D eigenvalue weighted by atomic mass is 35.5. The molecule has 0 spiro atoms. The van der Waals surface area contributed by atoms with Crippen molar-refractivity contribution in [3.63, 3.8) is 0 Å². The maximum atomic E-state index is 5.89. The Morgan fingerprint density at radius 1 is 1.60 bits per heavy atom. The van der Waals surface area contributed by atoms with Crippen LogP contribution in [0.25, 0.3) is 0 Å². The third-order valence-corrected chi connectivity index (χ3v) is 3.60. The Kier molecular flexibility index (Phi) is 2.89. The Balaban J connectivity index is 2.15. The average molecular weight is 229 g/mol. The predicted molar refractivity (Wildman–Crippen MR) is 62.0 cm³/mol. The fraction of sp³-hybridized carbons (Fsp3) is 0.700. The molecule has 2 unspecified atom stereocenters. The first kappa shape index (κ1) is 10.8. The van der Waals surface area contributed by atoms with E-state index in [1.165, 1.54) is 0 Å². The van der Waals surface area contributed by atoms with E-state index in [1.54, 1.807) is 6.20 Å². The molecule has 2 rings (SSSR count). The van der Waals surface area contributed by atoms with Crippen LogP contribution in [0.3, 0.4) is 0 Å². The number of piperidine rings is 1. The quantitative estimate of drug-likeness (QED) is 0.797. The lowest BCUT2D eigenvalue weighted by atomic mass is 9.99. The number of nitrogen functional groups attached to an aromatic ring is 1. The zero-order chi connectivity index (χ0) is 11.0. The monoisotopic (exact) mass is 228 g/mol. The molecule has 0 aromatic carbocycles. The van der Waals surface area contributed by atoms with Crippen LogP contribution in [0.4, 0.5) is 5.82 Å². The summed E-state index contributed by atoms with van der Waals surface area (Å²) >= 11 is 5.89. The van der Waals surface area contributed by atoms with Crippen molar-refractivity contribution < 1.29 is 0 Å². The lowest BCUT2D eigenvalue weighted by molar-refractivity contribution is 0.152. The van der Waals surface area contributed by atoms with Crippen molar-refractivity contribution >= 4 is 17.4 Å². The van der Waals surface area contributed by atoms with E-state index in [9.17, 15) is 0 Å². The van der Waals surface area contributed by atoms with E-state index in [4.69, 9.17) is 17.3 Å². The molecule has 0 amide bonds. The Labute approximate surface area is 95.0 Å². The number of nitrogens with zero attached hydrogens (tertiary/aromatic N) is 3. The van der Waals surface area contributed by atoms with Gasteiger partial charge in [-0.2, -0.15) is 5.10 Å². The van der Waals surface area contributed by atoms with Gasteiger partial charge in [-0.3, -0.25) is 0 Å². The highest BCUT2D eigenvalue weighted by molar-refractivity contribution is 6.32. The number of halogens is 1. The smallest absolute Gasteiger partial charge is 0.140 e. The SMILES string of the molecule is CC1CC(n2ncc(Cl)c2N)CCN1C.